The Hall–Kier alpha value is -2.94. The Labute approximate surface area is 143 Å². The fraction of sp³-hybridized carbons (Fsp3) is 0.143. The zero-order valence-corrected chi connectivity index (χ0v) is 13.5. The second-order valence-electron chi connectivity index (χ2n) is 5.57. The van der Waals surface area contributed by atoms with Gasteiger partial charge in [0.25, 0.3) is 0 Å². The molecule has 0 radical (unpaired) electrons. The Morgan fingerprint density at radius 1 is 0.917 bits per heavy atom. The summed E-state index contributed by atoms with van der Waals surface area (Å²) in [6.07, 6.45) is 6.44. The Balaban J connectivity index is 1.67. The van der Waals surface area contributed by atoms with E-state index in [0.29, 0.717) is 0 Å². The summed E-state index contributed by atoms with van der Waals surface area (Å²) in [4.78, 5) is 8.92. The molecule has 3 heteroatoms. The first-order valence-electron chi connectivity index (χ1n) is 8.19. The molecule has 120 valence electrons. The highest BCUT2D eigenvalue weighted by atomic mass is 14.9. The normalized spacial score (nSPS) is 12.2. The Morgan fingerprint density at radius 3 is 2.38 bits per heavy atom. The maximum absolute atomic E-state index is 4.79. The standard InChI is InChI=1S/C21H21N3/c1-3-9-19(10-4-1)21(24-17-18-8-7-14-22-16-18)13-15-23-20-11-5-2-6-12-20/h1-12,14,16-17,21,23H,13,15H2. The maximum Gasteiger partial charge on any atom is 0.0766 e. The lowest BCUT2D eigenvalue weighted by atomic mass is 10.0. The SMILES string of the molecule is C(=NC(CCNc1ccccc1)c1ccccc1)c1cccnc1. The molecule has 24 heavy (non-hydrogen) atoms. The molecule has 0 aliphatic carbocycles. The van der Waals surface area contributed by atoms with Crippen LogP contribution in [0.3, 0.4) is 0 Å². The number of aliphatic imine (C=N–C) groups is 1. The summed E-state index contributed by atoms with van der Waals surface area (Å²) >= 11 is 0. The Morgan fingerprint density at radius 2 is 1.67 bits per heavy atom. The molecule has 3 nitrogen and oxygen atoms in total. The van der Waals surface area contributed by atoms with Gasteiger partial charge in [0.1, 0.15) is 0 Å². The molecule has 2 aromatic carbocycles. The molecular weight excluding hydrogens is 294 g/mol. The summed E-state index contributed by atoms with van der Waals surface area (Å²) in [5.41, 5.74) is 3.39. The van der Waals surface area contributed by atoms with Crippen molar-refractivity contribution < 1.29 is 0 Å². The predicted octanol–water partition coefficient (Wildman–Crippen LogP) is 4.74. The number of anilines is 1. The van der Waals surface area contributed by atoms with Crippen molar-refractivity contribution >= 4 is 11.9 Å². The molecule has 3 aromatic rings. The van der Waals surface area contributed by atoms with Gasteiger partial charge < -0.3 is 5.32 Å². The van der Waals surface area contributed by atoms with Crippen LogP contribution in [0.5, 0.6) is 0 Å². The summed E-state index contributed by atoms with van der Waals surface area (Å²) in [7, 11) is 0. The smallest absolute Gasteiger partial charge is 0.0766 e. The van der Waals surface area contributed by atoms with Gasteiger partial charge in [0.05, 0.1) is 6.04 Å². The number of aromatic nitrogens is 1. The van der Waals surface area contributed by atoms with E-state index in [1.54, 1.807) is 6.20 Å². The Kier molecular flexibility index (Phi) is 5.73. The first kappa shape index (κ1) is 15.9. The van der Waals surface area contributed by atoms with Crippen molar-refractivity contribution in [2.24, 2.45) is 4.99 Å². The van der Waals surface area contributed by atoms with Gasteiger partial charge in [-0.3, -0.25) is 9.98 Å². The van der Waals surface area contributed by atoms with Crippen LogP contribution in [-0.4, -0.2) is 17.7 Å². The molecule has 1 N–H and O–H groups in total. The van der Waals surface area contributed by atoms with E-state index in [1.165, 1.54) is 5.56 Å². The predicted molar refractivity (Wildman–Crippen MR) is 101 cm³/mol. The van der Waals surface area contributed by atoms with Crippen molar-refractivity contribution in [2.75, 3.05) is 11.9 Å². The van der Waals surface area contributed by atoms with Gasteiger partial charge in [0.15, 0.2) is 0 Å². The van der Waals surface area contributed by atoms with Gasteiger partial charge in [-0.25, -0.2) is 0 Å². The van der Waals surface area contributed by atoms with Crippen molar-refractivity contribution in [1.29, 1.82) is 0 Å². The number of benzene rings is 2. The highest BCUT2D eigenvalue weighted by Crippen LogP contribution is 2.21. The van der Waals surface area contributed by atoms with Gasteiger partial charge in [0.2, 0.25) is 0 Å². The molecule has 1 atom stereocenters. The molecule has 0 saturated carbocycles. The number of hydrogen-bond donors (Lipinski definition) is 1. The second-order valence-corrected chi connectivity index (χ2v) is 5.57. The van der Waals surface area contributed by atoms with Gasteiger partial charge in [0, 0.05) is 36.4 Å². The van der Waals surface area contributed by atoms with Crippen molar-refractivity contribution in [3.63, 3.8) is 0 Å². The molecule has 0 saturated heterocycles. The average molecular weight is 315 g/mol. The van der Waals surface area contributed by atoms with Crippen molar-refractivity contribution in [1.82, 2.24) is 4.98 Å². The molecule has 0 amide bonds. The van der Waals surface area contributed by atoms with Crippen LogP contribution in [0.15, 0.2) is 90.2 Å². The molecule has 3 rings (SSSR count). The summed E-state index contributed by atoms with van der Waals surface area (Å²) in [5, 5.41) is 3.46. The van der Waals surface area contributed by atoms with Crippen LogP contribution in [0.4, 0.5) is 5.69 Å². The zero-order valence-electron chi connectivity index (χ0n) is 13.5. The third-order valence-electron chi connectivity index (χ3n) is 3.79. The van der Waals surface area contributed by atoms with Crippen LogP contribution in [0.25, 0.3) is 0 Å². The largest absolute Gasteiger partial charge is 0.385 e. The minimum absolute atomic E-state index is 0.127. The molecule has 0 bridgehead atoms. The lowest BCUT2D eigenvalue weighted by Gasteiger charge is -2.14. The highest BCUT2D eigenvalue weighted by Gasteiger charge is 2.08. The topological polar surface area (TPSA) is 37.3 Å². The maximum atomic E-state index is 4.79. The van der Waals surface area contributed by atoms with Gasteiger partial charge >= 0.3 is 0 Å². The Bertz CT molecular complexity index is 740. The van der Waals surface area contributed by atoms with E-state index in [0.717, 1.165) is 24.2 Å². The van der Waals surface area contributed by atoms with Crippen molar-refractivity contribution in [3.05, 3.63) is 96.3 Å². The number of nitrogens with zero attached hydrogens (tertiary/aromatic N) is 2. The lowest BCUT2D eigenvalue weighted by Crippen LogP contribution is -2.07. The summed E-state index contributed by atoms with van der Waals surface area (Å²) in [6, 6.07) is 24.8. The quantitative estimate of drug-likeness (QED) is 0.639. The van der Waals surface area contributed by atoms with E-state index in [1.807, 2.05) is 48.8 Å². The number of nitrogens with one attached hydrogen (secondary N) is 1. The third kappa shape index (κ3) is 4.78. The van der Waals surface area contributed by atoms with Gasteiger partial charge in [-0.05, 0) is 30.2 Å². The van der Waals surface area contributed by atoms with Crippen molar-refractivity contribution in [3.8, 4) is 0 Å². The third-order valence-corrected chi connectivity index (χ3v) is 3.79. The zero-order chi connectivity index (χ0) is 16.5. The minimum Gasteiger partial charge on any atom is -0.385 e. The van der Waals surface area contributed by atoms with E-state index in [2.05, 4.69) is 46.7 Å². The first-order chi connectivity index (χ1) is 11.9. The number of para-hydroxylation sites is 1. The first-order valence-corrected chi connectivity index (χ1v) is 8.19. The molecule has 1 unspecified atom stereocenters. The number of hydrogen-bond acceptors (Lipinski definition) is 3. The fourth-order valence-electron chi connectivity index (χ4n) is 2.54. The van der Waals surface area contributed by atoms with E-state index < -0.39 is 0 Å². The lowest BCUT2D eigenvalue weighted by molar-refractivity contribution is 0.680. The average Bonchev–Trinajstić information content (AvgIpc) is 2.67. The second kappa shape index (κ2) is 8.63. The van der Waals surface area contributed by atoms with E-state index in [4.69, 9.17) is 4.99 Å². The molecule has 1 aromatic heterocycles. The van der Waals surface area contributed by atoms with E-state index >= 15 is 0 Å². The molecular formula is C21H21N3. The monoisotopic (exact) mass is 315 g/mol. The van der Waals surface area contributed by atoms with Gasteiger partial charge in [-0.1, -0.05) is 54.6 Å². The van der Waals surface area contributed by atoms with E-state index in [9.17, 15) is 0 Å². The highest BCUT2D eigenvalue weighted by molar-refractivity contribution is 5.79. The van der Waals surface area contributed by atoms with Crippen LogP contribution in [0.2, 0.25) is 0 Å². The summed E-state index contributed by atoms with van der Waals surface area (Å²) in [6.45, 7) is 0.869. The number of pyridine rings is 1. The van der Waals surface area contributed by atoms with Crippen molar-refractivity contribution in [2.45, 2.75) is 12.5 Å². The number of rotatable bonds is 7. The van der Waals surface area contributed by atoms with Crippen LogP contribution in [0, 0.1) is 0 Å². The molecule has 0 spiro atoms. The van der Waals surface area contributed by atoms with Gasteiger partial charge in [-0.2, -0.15) is 0 Å². The molecule has 0 aliphatic heterocycles. The van der Waals surface area contributed by atoms with Crippen LogP contribution < -0.4 is 5.32 Å². The van der Waals surface area contributed by atoms with E-state index in [-0.39, 0.29) is 6.04 Å². The summed E-state index contributed by atoms with van der Waals surface area (Å²) < 4.78 is 0. The van der Waals surface area contributed by atoms with Crippen LogP contribution in [0.1, 0.15) is 23.6 Å². The molecule has 1 heterocycles. The summed E-state index contributed by atoms with van der Waals surface area (Å²) in [5.74, 6) is 0. The molecule has 0 fully saturated rings. The van der Waals surface area contributed by atoms with Gasteiger partial charge in [-0.15, -0.1) is 0 Å². The van der Waals surface area contributed by atoms with Crippen LogP contribution >= 0.6 is 0 Å². The molecule has 0 aliphatic rings. The fourth-order valence-corrected chi connectivity index (χ4v) is 2.54. The van der Waals surface area contributed by atoms with Crippen LogP contribution in [-0.2, 0) is 0 Å². The minimum atomic E-state index is 0.127.